The zero-order valence-corrected chi connectivity index (χ0v) is 15.4. The third-order valence-electron chi connectivity index (χ3n) is 4.27. The molecule has 0 aliphatic carbocycles. The molecule has 0 bridgehead atoms. The molecule has 0 unspecified atom stereocenters. The van der Waals surface area contributed by atoms with Crippen LogP contribution in [-0.4, -0.2) is 11.1 Å². The van der Waals surface area contributed by atoms with E-state index < -0.39 is 4.92 Å². The first-order valence-electron chi connectivity index (χ1n) is 8.99. The SMILES string of the molecule is O=[N+]([O-])c1cccc(-c2ccc(/C=N\N(c3ccccc3)c3ccccc3)o2)c1. The molecule has 0 saturated carbocycles. The first kappa shape index (κ1) is 18.2. The lowest BCUT2D eigenvalue weighted by Crippen LogP contribution is -2.08. The third kappa shape index (κ3) is 4.22. The maximum Gasteiger partial charge on any atom is 0.270 e. The lowest BCUT2D eigenvalue weighted by molar-refractivity contribution is -0.384. The van der Waals surface area contributed by atoms with Crippen molar-refractivity contribution in [1.29, 1.82) is 0 Å². The van der Waals surface area contributed by atoms with Gasteiger partial charge in [-0.25, -0.2) is 5.01 Å². The Labute approximate surface area is 167 Å². The largest absolute Gasteiger partial charge is 0.455 e. The number of nitro benzene ring substituents is 1. The van der Waals surface area contributed by atoms with Gasteiger partial charge in [-0.15, -0.1) is 0 Å². The summed E-state index contributed by atoms with van der Waals surface area (Å²) in [5.41, 5.74) is 2.50. The molecule has 0 fully saturated rings. The minimum Gasteiger partial charge on any atom is -0.455 e. The number of furan rings is 1. The molecule has 4 aromatic rings. The van der Waals surface area contributed by atoms with Gasteiger partial charge in [0.1, 0.15) is 11.5 Å². The molecule has 3 aromatic carbocycles. The second-order valence-corrected chi connectivity index (χ2v) is 6.24. The molecule has 1 aromatic heterocycles. The van der Waals surface area contributed by atoms with E-state index in [0.717, 1.165) is 11.4 Å². The van der Waals surface area contributed by atoms with Gasteiger partial charge < -0.3 is 4.42 Å². The van der Waals surface area contributed by atoms with Crippen LogP contribution in [0.5, 0.6) is 0 Å². The zero-order chi connectivity index (χ0) is 20.1. The molecule has 0 spiro atoms. The number of hydrogen-bond acceptors (Lipinski definition) is 5. The third-order valence-corrected chi connectivity index (χ3v) is 4.27. The van der Waals surface area contributed by atoms with Gasteiger partial charge in [-0.05, 0) is 36.4 Å². The van der Waals surface area contributed by atoms with Crippen molar-refractivity contribution in [2.45, 2.75) is 0 Å². The van der Waals surface area contributed by atoms with E-state index in [4.69, 9.17) is 4.42 Å². The monoisotopic (exact) mass is 383 g/mol. The Hall–Kier alpha value is -4.19. The average molecular weight is 383 g/mol. The second-order valence-electron chi connectivity index (χ2n) is 6.24. The highest BCUT2D eigenvalue weighted by atomic mass is 16.6. The van der Waals surface area contributed by atoms with Gasteiger partial charge in [0.05, 0.1) is 22.5 Å². The topological polar surface area (TPSA) is 71.9 Å². The molecule has 0 N–H and O–H groups in total. The summed E-state index contributed by atoms with van der Waals surface area (Å²) in [4.78, 5) is 10.6. The fourth-order valence-electron chi connectivity index (χ4n) is 2.89. The van der Waals surface area contributed by atoms with Crippen LogP contribution in [0.4, 0.5) is 17.1 Å². The minimum atomic E-state index is -0.424. The van der Waals surface area contributed by atoms with E-state index in [0.29, 0.717) is 17.1 Å². The van der Waals surface area contributed by atoms with Crippen molar-refractivity contribution < 1.29 is 9.34 Å². The molecule has 0 saturated heterocycles. The van der Waals surface area contributed by atoms with E-state index in [2.05, 4.69) is 5.10 Å². The van der Waals surface area contributed by atoms with Gasteiger partial charge in [0.15, 0.2) is 0 Å². The van der Waals surface area contributed by atoms with Crippen LogP contribution in [-0.2, 0) is 0 Å². The summed E-state index contributed by atoms with van der Waals surface area (Å²) < 4.78 is 5.83. The van der Waals surface area contributed by atoms with E-state index in [-0.39, 0.29) is 5.69 Å². The van der Waals surface area contributed by atoms with Gasteiger partial charge >= 0.3 is 0 Å². The highest BCUT2D eigenvalue weighted by Gasteiger charge is 2.11. The highest BCUT2D eigenvalue weighted by Crippen LogP contribution is 2.27. The number of rotatable bonds is 6. The number of para-hydroxylation sites is 2. The molecule has 0 radical (unpaired) electrons. The van der Waals surface area contributed by atoms with Crippen molar-refractivity contribution in [3.8, 4) is 11.3 Å². The Morgan fingerprint density at radius 2 is 1.48 bits per heavy atom. The van der Waals surface area contributed by atoms with Crippen LogP contribution in [0.25, 0.3) is 11.3 Å². The van der Waals surface area contributed by atoms with Crippen molar-refractivity contribution in [3.63, 3.8) is 0 Å². The van der Waals surface area contributed by atoms with Gasteiger partial charge in [-0.2, -0.15) is 5.10 Å². The summed E-state index contributed by atoms with van der Waals surface area (Å²) in [6, 6.07) is 29.5. The Bertz CT molecular complexity index is 1100. The van der Waals surface area contributed by atoms with Crippen LogP contribution < -0.4 is 5.01 Å². The van der Waals surface area contributed by atoms with Crippen LogP contribution >= 0.6 is 0 Å². The number of nitro groups is 1. The van der Waals surface area contributed by atoms with Crippen molar-refractivity contribution in [2.24, 2.45) is 5.10 Å². The Morgan fingerprint density at radius 3 is 2.10 bits per heavy atom. The number of anilines is 2. The molecule has 142 valence electrons. The van der Waals surface area contributed by atoms with Crippen LogP contribution in [0.2, 0.25) is 0 Å². The van der Waals surface area contributed by atoms with Crippen molar-refractivity contribution in [2.75, 3.05) is 5.01 Å². The predicted molar refractivity (Wildman–Crippen MR) is 113 cm³/mol. The summed E-state index contributed by atoms with van der Waals surface area (Å²) in [6.07, 6.45) is 1.63. The molecule has 0 aliphatic heterocycles. The quantitative estimate of drug-likeness (QED) is 0.232. The Morgan fingerprint density at radius 1 is 0.828 bits per heavy atom. The second kappa shape index (κ2) is 8.22. The van der Waals surface area contributed by atoms with Gasteiger partial charge in [0, 0.05) is 17.7 Å². The van der Waals surface area contributed by atoms with Crippen molar-refractivity contribution in [3.05, 3.63) is 113 Å². The van der Waals surface area contributed by atoms with E-state index in [1.807, 2.05) is 65.7 Å². The van der Waals surface area contributed by atoms with Crippen molar-refractivity contribution >= 4 is 23.3 Å². The molecule has 1 heterocycles. The Balaban J connectivity index is 1.62. The van der Waals surface area contributed by atoms with E-state index in [9.17, 15) is 10.1 Å². The Kier molecular flexibility index (Phi) is 5.16. The standard InChI is InChI=1S/C23H17N3O3/c27-26(28)21-13-7-8-18(16-21)23-15-14-22(29-23)17-24-25(19-9-3-1-4-10-19)20-11-5-2-6-12-20/h1-17H/b24-17-. The predicted octanol–water partition coefficient (Wildman–Crippen LogP) is 6.03. The molecule has 6 nitrogen and oxygen atoms in total. The average Bonchev–Trinajstić information content (AvgIpc) is 3.25. The molecule has 0 aliphatic rings. The smallest absolute Gasteiger partial charge is 0.270 e. The summed E-state index contributed by atoms with van der Waals surface area (Å²) in [7, 11) is 0. The molecule has 4 rings (SSSR count). The van der Waals surface area contributed by atoms with E-state index in [1.165, 1.54) is 12.1 Å². The van der Waals surface area contributed by atoms with Gasteiger partial charge in [0.25, 0.3) is 5.69 Å². The first-order valence-corrected chi connectivity index (χ1v) is 8.99. The molecular formula is C23H17N3O3. The van der Waals surface area contributed by atoms with Crippen LogP contribution in [0.1, 0.15) is 5.76 Å². The number of hydrazone groups is 1. The van der Waals surface area contributed by atoms with E-state index >= 15 is 0 Å². The number of non-ortho nitro benzene ring substituents is 1. The summed E-state index contributed by atoms with van der Waals surface area (Å²) >= 11 is 0. The highest BCUT2D eigenvalue weighted by molar-refractivity contribution is 5.80. The van der Waals surface area contributed by atoms with E-state index in [1.54, 1.807) is 30.5 Å². The number of hydrogen-bond donors (Lipinski definition) is 0. The number of benzene rings is 3. The summed E-state index contributed by atoms with van der Waals surface area (Å²) in [5, 5.41) is 17.4. The summed E-state index contributed by atoms with van der Waals surface area (Å²) in [6.45, 7) is 0. The van der Waals surface area contributed by atoms with Gasteiger partial charge in [-0.3, -0.25) is 10.1 Å². The fourth-order valence-corrected chi connectivity index (χ4v) is 2.89. The molecule has 0 atom stereocenters. The number of nitrogens with zero attached hydrogens (tertiary/aromatic N) is 3. The molecule has 0 amide bonds. The first-order chi connectivity index (χ1) is 14.2. The maximum absolute atomic E-state index is 11.0. The molecule has 29 heavy (non-hydrogen) atoms. The summed E-state index contributed by atoms with van der Waals surface area (Å²) in [5.74, 6) is 1.09. The van der Waals surface area contributed by atoms with Gasteiger partial charge in [0.2, 0.25) is 0 Å². The maximum atomic E-state index is 11.0. The van der Waals surface area contributed by atoms with Gasteiger partial charge in [-0.1, -0.05) is 48.5 Å². The van der Waals surface area contributed by atoms with Crippen LogP contribution in [0, 0.1) is 10.1 Å². The fraction of sp³-hybridized carbons (Fsp3) is 0. The zero-order valence-electron chi connectivity index (χ0n) is 15.4. The normalized spacial score (nSPS) is 10.9. The molecule has 6 heteroatoms. The van der Waals surface area contributed by atoms with Crippen LogP contribution in [0.15, 0.2) is 107 Å². The lowest BCUT2D eigenvalue weighted by atomic mass is 10.1. The van der Waals surface area contributed by atoms with Crippen molar-refractivity contribution in [1.82, 2.24) is 0 Å². The van der Waals surface area contributed by atoms with Crippen LogP contribution in [0.3, 0.4) is 0 Å². The molecular weight excluding hydrogens is 366 g/mol. The minimum absolute atomic E-state index is 0.0217. The lowest BCUT2D eigenvalue weighted by Gasteiger charge is -2.18.